The predicted octanol–water partition coefficient (Wildman–Crippen LogP) is 1.53. The Morgan fingerprint density at radius 3 is 2.94 bits per heavy atom. The Labute approximate surface area is 110 Å². The van der Waals surface area contributed by atoms with Crippen LogP contribution in [0.15, 0.2) is 48.1 Å². The topological polar surface area (TPSA) is 55.6 Å². The maximum atomic E-state index is 4.03. The average Bonchev–Trinajstić information content (AvgIpc) is 2.88. The smallest absolute Gasteiger partial charge is 0.214 e. The minimum atomic E-state index is 0.807. The zero-order valence-corrected chi connectivity index (χ0v) is 10.8. The molecule has 0 saturated carbocycles. The quantitative estimate of drug-likeness (QED) is 0.465. The monoisotopic (exact) mass is 261 g/mol. The van der Waals surface area contributed by atoms with Crippen LogP contribution in [0.2, 0.25) is 0 Å². The van der Waals surface area contributed by atoms with Crippen molar-refractivity contribution >= 4 is 11.8 Å². The van der Waals surface area contributed by atoms with Crippen molar-refractivity contribution in [3.05, 3.63) is 43.0 Å². The van der Waals surface area contributed by atoms with Crippen LogP contribution in [0.25, 0.3) is 5.69 Å². The highest BCUT2D eigenvalue weighted by atomic mass is 32.2. The summed E-state index contributed by atoms with van der Waals surface area (Å²) in [5, 5.41) is 15.8. The largest absolute Gasteiger partial charge is 0.312 e. The second-order valence-electron chi connectivity index (χ2n) is 3.55. The zero-order valence-electron chi connectivity index (χ0n) is 9.99. The molecule has 5 nitrogen and oxygen atoms in total. The molecule has 1 heterocycles. The molecular formula is C12H15N5S. The number of hydrogen-bond acceptors (Lipinski definition) is 5. The first-order valence-corrected chi connectivity index (χ1v) is 6.68. The number of nitrogens with one attached hydrogen (secondary N) is 1. The summed E-state index contributed by atoms with van der Waals surface area (Å²) in [7, 11) is 0. The average molecular weight is 261 g/mol. The van der Waals surface area contributed by atoms with E-state index >= 15 is 0 Å². The van der Waals surface area contributed by atoms with Crippen molar-refractivity contribution in [1.29, 1.82) is 0 Å². The Balaban J connectivity index is 1.94. The molecule has 0 aliphatic rings. The molecule has 2 aromatic rings. The molecule has 1 aromatic heterocycles. The molecule has 0 spiro atoms. The minimum absolute atomic E-state index is 0.807. The summed E-state index contributed by atoms with van der Waals surface area (Å²) in [6.45, 7) is 5.38. The van der Waals surface area contributed by atoms with Crippen LogP contribution in [-0.2, 0) is 0 Å². The lowest BCUT2D eigenvalue weighted by atomic mass is 10.3. The van der Waals surface area contributed by atoms with E-state index in [1.165, 1.54) is 0 Å². The first-order chi connectivity index (χ1) is 8.92. The Bertz CT molecular complexity index is 482. The van der Waals surface area contributed by atoms with Crippen LogP contribution in [0.4, 0.5) is 0 Å². The normalized spacial score (nSPS) is 10.4. The second-order valence-corrected chi connectivity index (χ2v) is 4.61. The van der Waals surface area contributed by atoms with Gasteiger partial charge in [0.1, 0.15) is 0 Å². The van der Waals surface area contributed by atoms with Crippen LogP contribution < -0.4 is 5.32 Å². The van der Waals surface area contributed by atoms with E-state index in [0.29, 0.717) is 0 Å². The van der Waals surface area contributed by atoms with Gasteiger partial charge in [-0.25, -0.2) is 0 Å². The van der Waals surface area contributed by atoms with Crippen molar-refractivity contribution in [3.8, 4) is 5.69 Å². The number of rotatable bonds is 7. The van der Waals surface area contributed by atoms with Gasteiger partial charge in [0.05, 0.1) is 5.69 Å². The highest BCUT2D eigenvalue weighted by molar-refractivity contribution is 7.99. The fourth-order valence-corrected chi connectivity index (χ4v) is 2.21. The van der Waals surface area contributed by atoms with Gasteiger partial charge in [0.15, 0.2) is 0 Å². The molecule has 0 fully saturated rings. The lowest BCUT2D eigenvalue weighted by Crippen LogP contribution is -2.16. The van der Waals surface area contributed by atoms with Crippen LogP contribution in [-0.4, -0.2) is 39.0 Å². The molecule has 6 heteroatoms. The number of nitrogens with zero attached hydrogens (tertiary/aromatic N) is 4. The van der Waals surface area contributed by atoms with Gasteiger partial charge in [0.25, 0.3) is 0 Å². The third kappa shape index (κ3) is 3.41. The molecule has 94 valence electrons. The standard InChI is InChI=1S/C12H15N5S/c1-2-8-13-9-10-18-12-14-15-16-17(12)11-6-4-3-5-7-11/h2-7,13H,1,8-10H2. The molecule has 0 bridgehead atoms. The molecule has 0 saturated heterocycles. The van der Waals surface area contributed by atoms with Gasteiger partial charge in [-0.05, 0) is 22.6 Å². The lowest BCUT2D eigenvalue weighted by Gasteiger charge is -2.04. The van der Waals surface area contributed by atoms with Crippen LogP contribution in [0.1, 0.15) is 0 Å². The number of thioether (sulfide) groups is 1. The molecule has 2 rings (SSSR count). The Morgan fingerprint density at radius 1 is 1.33 bits per heavy atom. The summed E-state index contributed by atoms with van der Waals surface area (Å²) >= 11 is 1.63. The van der Waals surface area contributed by atoms with Gasteiger partial charge in [-0.3, -0.25) is 0 Å². The van der Waals surface area contributed by atoms with Crippen molar-refractivity contribution < 1.29 is 0 Å². The van der Waals surface area contributed by atoms with Gasteiger partial charge in [0, 0.05) is 18.8 Å². The maximum Gasteiger partial charge on any atom is 0.214 e. The fraction of sp³-hybridized carbons (Fsp3) is 0.250. The highest BCUT2D eigenvalue weighted by Crippen LogP contribution is 2.16. The summed E-state index contributed by atoms with van der Waals surface area (Å²) < 4.78 is 1.75. The van der Waals surface area contributed by atoms with Gasteiger partial charge >= 0.3 is 0 Å². The number of benzene rings is 1. The summed E-state index contributed by atoms with van der Waals surface area (Å²) in [5.41, 5.74) is 0.976. The lowest BCUT2D eigenvalue weighted by molar-refractivity contribution is 0.754. The molecule has 0 aliphatic carbocycles. The van der Waals surface area contributed by atoms with Crippen LogP contribution in [0.3, 0.4) is 0 Å². The summed E-state index contributed by atoms with van der Waals surface area (Å²) in [4.78, 5) is 0. The van der Waals surface area contributed by atoms with Gasteiger partial charge in [-0.2, -0.15) is 4.68 Å². The van der Waals surface area contributed by atoms with E-state index in [9.17, 15) is 0 Å². The number of para-hydroxylation sites is 1. The van der Waals surface area contributed by atoms with Crippen molar-refractivity contribution in [2.24, 2.45) is 0 Å². The van der Waals surface area contributed by atoms with E-state index in [1.807, 2.05) is 36.4 Å². The number of aromatic nitrogens is 4. The first kappa shape index (κ1) is 12.8. The van der Waals surface area contributed by atoms with Gasteiger partial charge in [0.2, 0.25) is 5.16 Å². The SMILES string of the molecule is C=CCNCCSc1nnnn1-c1ccccc1. The van der Waals surface area contributed by atoms with E-state index in [-0.39, 0.29) is 0 Å². The summed E-state index contributed by atoms with van der Waals surface area (Å²) in [6, 6.07) is 9.88. The van der Waals surface area contributed by atoms with Crippen LogP contribution in [0.5, 0.6) is 0 Å². The maximum absolute atomic E-state index is 4.03. The van der Waals surface area contributed by atoms with E-state index in [0.717, 1.165) is 29.7 Å². The molecule has 0 unspecified atom stereocenters. The molecule has 0 aliphatic heterocycles. The van der Waals surface area contributed by atoms with Crippen molar-refractivity contribution in [3.63, 3.8) is 0 Å². The zero-order chi connectivity index (χ0) is 12.6. The minimum Gasteiger partial charge on any atom is -0.312 e. The molecule has 0 atom stereocenters. The Kier molecular flexibility index (Phi) is 4.92. The van der Waals surface area contributed by atoms with E-state index in [2.05, 4.69) is 27.4 Å². The molecule has 0 radical (unpaired) electrons. The van der Waals surface area contributed by atoms with Crippen molar-refractivity contribution in [2.45, 2.75) is 5.16 Å². The predicted molar refractivity (Wildman–Crippen MR) is 72.9 cm³/mol. The number of tetrazole rings is 1. The Hall–Kier alpha value is -1.66. The molecular weight excluding hydrogens is 246 g/mol. The van der Waals surface area contributed by atoms with E-state index in [4.69, 9.17) is 0 Å². The van der Waals surface area contributed by atoms with Gasteiger partial charge < -0.3 is 5.32 Å². The van der Waals surface area contributed by atoms with E-state index < -0.39 is 0 Å². The third-order valence-electron chi connectivity index (χ3n) is 2.24. The second kappa shape index (κ2) is 6.93. The Morgan fingerprint density at radius 2 is 2.17 bits per heavy atom. The van der Waals surface area contributed by atoms with Crippen LogP contribution >= 0.6 is 11.8 Å². The summed E-state index contributed by atoms with van der Waals surface area (Å²) in [5.74, 6) is 0.918. The molecule has 0 amide bonds. The number of hydrogen-bond donors (Lipinski definition) is 1. The van der Waals surface area contributed by atoms with Crippen LogP contribution in [0, 0.1) is 0 Å². The van der Waals surface area contributed by atoms with Gasteiger partial charge in [-0.1, -0.05) is 36.0 Å². The third-order valence-corrected chi connectivity index (χ3v) is 3.16. The summed E-state index contributed by atoms with van der Waals surface area (Å²) in [6.07, 6.45) is 1.85. The van der Waals surface area contributed by atoms with Crippen molar-refractivity contribution in [1.82, 2.24) is 25.5 Å². The fourth-order valence-electron chi connectivity index (χ4n) is 1.42. The van der Waals surface area contributed by atoms with E-state index in [1.54, 1.807) is 16.4 Å². The van der Waals surface area contributed by atoms with Gasteiger partial charge in [-0.15, -0.1) is 11.7 Å². The highest BCUT2D eigenvalue weighted by Gasteiger charge is 2.07. The van der Waals surface area contributed by atoms with Crippen molar-refractivity contribution in [2.75, 3.05) is 18.8 Å². The molecule has 18 heavy (non-hydrogen) atoms. The molecule has 1 aromatic carbocycles. The first-order valence-electron chi connectivity index (χ1n) is 5.70. The molecule has 1 N–H and O–H groups in total.